The molecule has 0 heterocycles. The van der Waals surface area contributed by atoms with Crippen LogP contribution in [0.25, 0.3) is 0 Å². The first-order valence-corrected chi connectivity index (χ1v) is 26.7. The van der Waals surface area contributed by atoms with Crippen LogP contribution in [0.2, 0.25) is 0 Å². The van der Waals surface area contributed by atoms with Crippen molar-refractivity contribution in [2.75, 3.05) is 19.8 Å². The molecule has 0 saturated heterocycles. The van der Waals surface area contributed by atoms with Crippen molar-refractivity contribution in [3.63, 3.8) is 0 Å². The molecule has 0 spiro atoms. The summed E-state index contributed by atoms with van der Waals surface area (Å²) in [6.07, 6.45) is 52.7. The molecule has 0 aromatic heterocycles. The molecule has 4 N–H and O–H groups in total. The number of esters is 1. The standard InChI is InChI=1S/C51H92NO10P/c1-3-5-7-9-11-13-15-17-19-21-22-23-24-25-26-27-28-30-32-34-36-38-40-42-49(54)52-48(51(56)57)46-62-63(58,59)61-45-47(53)44-60-50(55)43-41-39-37-35-33-31-29-20-18-16-14-12-10-8-6-4-2/h11,13-14,16-17,19-20,29,47-48,53H,3-10,12,15,18,21-28,30-46H2,1-2H3,(H,52,54)(H,56,57)(H,58,59)/b13-11-,16-14-,19-17-,29-20-. The molecule has 0 rings (SSSR count). The van der Waals surface area contributed by atoms with Crippen LogP contribution in [0.4, 0.5) is 0 Å². The summed E-state index contributed by atoms with van der Waals surface area (Å²) in [5.41, 5.74) is 0. The third-order valence-corrected chi connectivity index (χ3v) is 11.8. The number of aliphatic hydroxyl groups is 1. The van der Waals surface area contributed by atoms with Gasteiger partial charge in [0.1, 0.15) is 12.7 Å². The van der Waals surface area contributed by atoms with Gasteiger partial charge >= 0.3 is 19.8 Å². The summed E-state index contributed by atoms with van der Waals surface area (Å²) >= 11 is 0. The Morgan fingerprint density at radius 3 is 1.32 bits per heavy atom. The van der Waals surface area contributed by atoms with Crippen molar-refractivity contribution in [2.24, 2.45) is 0 Å². The molecule has 3 unspecified atom stereocenters. The van der Waals surface area contributed by atoms with Crippen molar-refractivity contribution in [3.05, 3.63) is 48.6 Å². The van der Waals surface area contributed by atoms with Gasteiger partial charge in [-0.25, -0.2) is 9.36 Å². The number of carboxylic acid groups (broad SMARTS) is 1. The average Bonchev–Trinajstić information content (AvgIpc) is 3.26. The van der Waals surface area contributed by atoms with Crippen LogP contribution in [-0.2, 0) is 32.7 Å². The number of hydrogen-bond donors (Lipinski definition) is 4. The lowest BCUT2D eigenvalue weighted by Crippen LogP contribution is -2.43. The monoisotopic (exact) mass is 910 g/mol. The Bertz CT molecular complexity index is 1250. The molecule has 0 bridgehead atoms. The van der Waals surface area contributed by atoms with Gasteiger partial charge in [0.05, 0.1) is 13.2 Å². The van der Waals surface area contributed by atoms with E-state index < -0.39 is 57.6 Å². The predicted molar refractivity (Wildman–Crippen MR) is 259 cm³/mol. The molecule has 0 radical (unpaired) electrons. The maximum absolute atomic E-state index is 12.4. The van der Waals surface area contributed by atoms with Crippen molar-refractivity contribution in [3.8, 4) is 0 Å². The van der Waals surface area contributed by atoms with Gasteiger partial charge in [0.2, 0.25) is 5.91 Å². The van der Waals surface area contributed by atoms with E-state index >= 15 is 0 Å². The number of rotatable bonds is 47. The number of unbranched alkanes of at least 4 members (excludes halogenated alkanes) is 25. The highest BCUT2D eigenvalue weighted by molar-refractivity contribution is 7.47. The summed E-state index contributed by atoms with van der Waals surface area (Å²) in [7, 11) is -4.76. The van der Waals surface area contributed by atoms with E-state index in [0.29, 0.717) is 12.8 Å². The van der Waals surface area contributed by atoms with Gasteiger partial charge in [0.25, 0.3) is 0 Å². The number of phosphoric acid groups is 1. The minimum Gasteiger partial charge on any atom is -0.480 e. The minimum atomic E-state index is -4.76. The van der Waals surface area contributed by atoms with Gasteiger partial charge in [0, 0.05) is 12.8 Å². The summed E-state index contributed by atoms with van der Waals surface area (Å²) < 4.78 is 26.9. The van der Waals surface area contributed by atoms with Crippen LogP contribution in [0, 0.1) is 0 Å². The summed E-state index contributed by atoms with van der Waals surface area (Å²) in [5.74, 6) is -2.38. The first kappa shape index (κ1) is 60.4. The van der Waals surface area contributed by atoms with Gasteiger partial charge in [-0.2, -0.15) is 0 Å². The van der Waals surface area contributed by atoms with Gasteiger partial charge in [-0.05, 0) is 77.0 Å². The van der Waals surface area contributed by atoms with E-state index in [9.17, 15) is 34.1 Å². The third-order valence-electron chi connectivity index (χ3n) is 10.8. The number of carbonyl (C=O) groups excluding carboxylic acids is 2. The summed E-state index contributed by atoms with van der Waals surface area (Å²) in [4.78, 5) is 46.1. The summed E-state index contributed by atoms with van der Waals surface area (Å²) in [6, 6.07) is -1.55. The quantitative estimate of drug-likeness (QED) is 0.0200. The van der Waals surface area contributed by atoms with Crippen LogP contribution < -0.4 is 5.32 Å². The zero-order valence-corrected chi connectivity index (χ0v) is 40.8. The molecule has 11 nitrogen and oxygen atoms in total. The van der Waals surface area contributed by atoms with Gasteiger partial charge in [0.15, 0.2) is 6.04 Å². The highest BCUT2D eigenvalue weighted by atomic mass is 31.2. The van der Waals surface area contributed by atoms with Crippen LogP contribution in [0.15, 0.2) is 48.6 Å². The first-order chi connectivity index (χ1) is 30.6. The van der Waals surface area contributed by atoms with Crippen molar-refractivity contribution in [1.82, 2.24) is 5.32 Å². The molecular formula is C51H92NO10P. The third kappa shape index (κ3) is 45.8. The van der Waals surface area contributed by atoms with E-state index in [4.69, 9.17) is 13.8 Å². The number of carbonyl (C=O) groups is 3. The molecule has 3 atom stereocenters. The smallest absolute Gasteiger partial charge is 0.472 e. The Labute approximate surface area is 384 Å². The number of nitrogens with one attached hydrogen (secondary N) is 1. The van der Waals surface area contributed by atoms with Crippen LogP contribution in [0.1, 0.15) is 226 Å². The van der Waals surface area contributed by atoms with Crippen molar-refractivity contribution in [2.45, 2.75) is 238 Å². The molecule has 366 valence electrons. The fraction of sp³-hybridized carbons (Fsp3) is 0.784. The maximum Gasteiger partial charge on any atom is 0.472 e. The number of allylic oxidation sites excluding steroid dienone is 8. The fourth-order valence-electron chi connectivity index (χ4n) is 6.91. The van der Waals surface area contributed by atoms with E-state index in [1.165, 1.54) is 122 Å². The van der Waals surface area contributed by atoms with E-state index in [0.717, 1.165) is 64.2 Å². The number of amides is 1. The van der Waals surface area contributed by atoms with Gasteiger partial charge in [-0.15, -0.1) is 0 Å². The molecule has 0 aliphatic rings. The van der Waals surface area contributed by atoms with Crippen molar-refractivity contribution < 1.29 is 47.8 Å². The van der Waals surface area contributed by atoms with Crippen LogP contribution in [0.3, 0.4) is 0 Å². The molecule has 0 fully saturated rings. The predicted octanol–water partition coefficient (Wildman–Crippen LogP) is 13.7. The topological polar surface area (TPSA) is 169 Å². The van der Waals surface area contributed by atoms with Crippen LogP contribution in [-0.4, -0.2) is 64.9 Å². The molecule has 12 heteroatoms. The lowest BCUT2D eigenvalue weighted by molar-refractivity contribution is -0.147. The number of carboxylic acids is 1. The largest absolute Gasteiger partial charge is 0.480 e. The number of aliphatic carboxylic acids is 1. The number of aliphatic hydroxyl groups excluding tert-OH is 1. The summed E-state index contributed by atoms with van der Waals surface area (Å²) in [5, 5.41) is 21.9. The molecule has 63 heavy (non-hydrogen) atoms. The Morgan fingerprint density at radius 1 is 0.508 bits per heavy atom. The van der Waals surface area contributed by atoms with E-state index in [1.54, 1.807) is 0 Å². The first-order valence-electron chi connectivity index (χ1n) is 25.2. The second-order valence-electron chi connectivity index (χ2n) is 17.0. The molecule has 0 aromatic carbocycles. The maximum atomic E-state index is 12.4. The van der Waals surface area contributed by atoms with Crippen LogP contribution >= 0.6 is 7.82 Å². The minimum absolute atomic E-state index is 0.143. The van der Waals surface area contributed by atoms with E-state index in [2.05, 4.69) is 67.8 Å². The Morgan fingerprint density at radius 2 is 0.873 bits per heavy atom. The Balaban J connectivity index is 3.84. The number of ether oxygens (including phenoxy) is 1. The average molecular weight is 910 g/mol. The summed E-state index contributed by atoms with van der Waals surface area (Å²) in [6.45, 7) is 2.56. The van der Waals surface area contributed by atoms with Crippen molar-refractivity contribution in [1.29, 1.82) is 0 Å². The van der Waals surface area contributed by atoms with Gasteiger partial charge < -0.3 is 25.2 Å². The second kappa shape index (κ2) is 46.0. The lowest BCUT2D eigenvalue weighted by atomic mass is 10.0. The Kier molecular flexibility index (Phi) is 44.1. The zero-order valence-electron chi connectivity index (χ0n) is 39.9. The molecule has 0 saturated carbocycles. The normalized spacial score (nSPS) is 14.0. The SMILES string of the molecule is CCCCC/C=C\C/C=C\CCCCCCCCCCCCCCCC(=O)NC(COP(=O)(O)OCC(O)COC(=O)CCCCCCC/C=C\C/C=C\CCCCCC)C(=O)O. The number of hydrogen-bond acceptors (Lipinski definition) is 8. The Hall–Kier alpha value is -2.56. The highest BCUT2D eigenvalue weighted by Gasteiger charge is 2.28. The molecule has 0 aliphatic heterocycles. The molecular weight excluding hydrogens is 818 g/mol. The molecule has 0 aliphatic carbocycles. The highest BCUT2D eigenvalue weighted by Crippen LogP contribution is 2.43. The fourth-order valence-corrected chi connectivity index (χ4v) is 7.68. The van der Waals surface area contributed by atoms with Crippen molar-refractivity contribution >= 4 is 25.7 Å². The second-order valence-corrected chi connectivity index (χ2v) is 18.5. The van der Waals surface area contributed by atoms with Gasteiger partial charge in [-0.3, -0.25) is 18.6 Å². The van der Waals surface area contributed by atoms with Crippen LogP contribution in [0.5, 0.6) is 0 Å². The van der Waals surface area contributed by atoms with Gasteiger partial charge in [-0.1, -0.05) is 184 Å². The molecule has 0 aromatic rings. The molecule has 1 amide bonds. The van der Waals surface area contributed by atoms with E-state index in [1.807, 2.05) is 0 Å². The number of phosphoric ester groups is 1. The van der Waals surface area contributed by atoms with E-state index in [-0.39, 0.29) is 12.8 Å². The lowest BCUT2D eigenvalue weighted by Gasteiger charge is -2.18. The zero-order chi connectivity index (χ0) is 46.3.